The van der Waals surface area contributed by atoms with Crippen LogP contribution in [-0.2, 0) is 11.3 Å². The number of aromatic carboxylic acids is 1. The van der Waals surface area contributed by atoms with Crippen LogP contribution in [0.3, 0.4) is 0 Å². The van der Waals surface area contributed by atoms with Crippen LogP contribution in [0.4, 0.5) is 5.69 Å². The maximum Gasteiger partial charge on any atom is 0.335 e. The van der Waals surface area contributed by atoms with E-state index in [0.29, 0.717) is 28.8 Å². The molecule has 0 aliphatic carbocycles. The number of likely N-dealkylation sites (N-methyl/N-ethyl adjacent to an activating group) is 1. The Morgan fingerprint density at radius 2 is 2.00 bits per heavy atom. The normalized spacial score (nSPS) is 16.4. The second-order valence-electron chi connectivity index (χ2n) is 7.33. The quantitative estimate of drug-likeness (QED) is 0.404. The van der Waals surface area contributed by atoms with Gasteiger partial charge in [-0.25, -0.2) is 9.79 Å². The SMILES string of the molecule is C=CCn1c(C)c(/C=C2\SC(=Nc3cccc(C(=O)O)c3)N(CC)C2=O)c2ccccc21. The summed E-state index contributed by atoms with van der Waals surface area (Å²) in [5.74, 6) is -1.12. The van der Waals surface area contributed by atoms with E-state index in [-0.39, 0.29) is 11.5 Å². The third-order valence-corrected chi connectivity index (χ3v) is 6.40. The molecule has 1 aliphatic rings. The Kier molecular flexibility index (Phi) is 6.01. The predicted octanol–water partition coefficient (Wildman–Crippen LogP) is 5.46. The number of thioether (sulfide) groups is 1. The highest BCUT2D eigenvalue weighted by Crippen LogP contribution is 2.36. The van der Waals surface area contributed by atoms with Crippen LogP contribution in [0.2, 0.25) is 0 Å². The third kappa shape index (κ3) is 3.87. The Hall–Kier alpha value is -3.58. The fourth-order valence-electron chi connectivity index (χ4n) is 3.82. The molecule has 2 heterocycles. The minimum absolute atomic E-state index is 0.106. The van der Waals surface area contributed by atoms with Crippen molar-refractivity contribution in [2.45, 2.75) is 20.4 Å². The van der Waals surface area contributed by atoms with Crippen molar-refractivity contribution in [2.24, 2.45) is 4.99 Å². The van der Waals surface area contributed by atoms with Gasteiger partial charge in [0, 0.05) is 35.2 Å². The van der Waals surface area contributed by atoms with Gasteiger partial charge < -0.3 is 9.67 Å². The average molecular weight is 446 g/mol. The molecular weight excluding hydrogens is 422 g/mol. The minimum Gasteiger partial charge on any atom is -0.478 e. The van der Waals surface area contributed by atoms with E-state index in [4.69, 9.17) is 0 Å². The van der Waals surface area contributed by atoms with Gasteiger partial charge in [-0.15, -0.1) is 6.58 Å². The lowest BCUT2D eigenvalue weighted by molar-refractivity contribution is -0.122. The maximum atomic E-state index is 13.1. The first kappa shape index (κ1) is 21.6. The highest BCUT2D eigenvalue weighted by atomic mass is 32.2. The molecule has 1 aliphatic heterocycles. The van der Waals surface area contributed by atoms with Crippen LogP contribution >= 0.6 is 11.8 Å². The smallest absolute Gasteiger partial charge is 0.335 e. The second kappa shape index (κ2) is 8.88. The molecule has 2 aromatic carbocycles. The van der Waals surface area contributed by atoms with Crippen LogP contribution in [0.5, 0.6) is 0 Å². The molecule has 0 atom stereocenters. The topological polar surface area (TPSA) is 74.9 Å². The summed E-state index contributed by atoms with van der Waals surface area (Å²) in [7, 11) is 0. The van der Waals surface area contributed by atoms with Gasteiger partial charge in [0.1, 0.15) is 0 Å². The largest absolute Gasteiger partial charge is 0.478 e. The van der Waals surface area contributed by atoms with Gasteiger partial charge in [-0.2, -0.15) is 0 Å². The minimum atomic E-state index is -1.01. The number of benzene rings is 2. The first-order valence-corrected chi connectivity index (χ1v) is 11.1. The van der Waals surface area contributed by atoms with Gasteiger partial charge in [0.15, 0.2) is 5.17 Å². The Labute approximate surface area is 190 Å². The standard InChI is InChI=1S/C25H23N3O3S/c1-4-13-28-16(3)20(19-11-6-7-12-21(19)28)15-22-23(29)27(5-2)25(32-22)26-18-10-8-9-17(14-18)24(30)31/h4,6-12,14-15H,1,5,13H2,2-3H3,(H,30,31)/b22-15-,26-25?. The predicted molar refractivity (Wildman–Crippen MR) is 130 cm³/mol. The number of aromatic nitrogens is 1. The Morgan fingerprint density at radius 3 is 2.72 bits per heavy atom. The number of fused-ring (bicyclic) bond motifs is 1. The van der Waals surface area contributed by atoms with Gasteiger partial charge in [0.25, 0.3) is 5.91 Å². The van der Waals surface area contributed by atoms with Gasteiger partial charge >= 0.3 is 5.97 Å². The number of amidine groups is 1. The molecule has 1 amide bonds. The molecule has 7 heteroatoms. The number of para-hydroxylation sites is 1. The molecule has 1 aromatic heterocycles. The summed E-state index contributed by atoms with van der Waals surface area (Å²) in [6.07, 6.45) is 3.80. The molecule has 0 spiro atoms. The number of carboxylic acids is 1. The summed E-state index contributed by atoms with van der Waals surface area (Å²) in [6, 6.07) is 14.5. The lowest BCUT2D eigenvalue weighted by Crippen LogP contribution is -2.28. The number of aliphatic imine (C=N–C) groups is 1. The van der Waals surface area contributed by atoms with Gasteiger partial charge in [-0.1, -0.05) is 30.3 Å². The number of nitrogens with zero attached hydrogens (tertiary/aromatic N) is 3. The molecule has 0 unspecified atom stereocenters. The van der Waals surface area contributed by atoms with Crippen molar-refractivity contribution < 1.29 is 14.7 Å². The molecule has 0 bridgehead atoms. The van der Waals surface area contributed by atoms with Gasteiger partial charge in [0.05, 0.1) is 16.2 Å². The molecule has 32 heavy (non-hydrogen) atoms. The van der Waals surface area contributed by atoms with E-state index in [1.807, 2.05) is 38.1 Å². The second-order valence-corrected chi connectivity index (χ2v) is 8.33. The summed E-state index contributed by atoms with van der Waals surface area (Å²) in [4.78, 5) is 31.2. The molecule has 1 N–H and O–H groups in total. The third-order valence-electron chi connectivity index (χ3n) is 5.39. The van der Waals surface area contributed by atoms with E-state index in [2.05, 4.69) is 28.3 Å². The van der Waals surface area contributed by atoms with E-state index in [0.717, 1.165) is 22.2 Å². The number of hydrogen-bond donors (Lipinski definition) is 1. The Balaban J connectivity index is 1.77. The highest BCUT2D eigenvalue weighted by Gasteiger charge is 2.32. The van der Waals surface area contributed by atoms with E-state index in [9.17, 15) is 14.7 Å². The van der Waals surface area contributed by atoms with Crippen molar-refractivity contribution in [1.29, 1.82) is 0 Å². The summed E-state index contributed by atoms with van der Waals surface area (Å²) in [6.45, 7) is 8.96. The molecule has 3 aromatic rings. The van der Waals surface area contributed by atoms with Crippen LogP contribution in [0.25, 0.3) is 17.0 Å². The summed E-state index contributed by atoms with van der Waals surface area (Å²) in [5.41, 5.74) is 3.82. The van der Waals surface area contributed by atoms with Gasteiger partial charge in [-0.05, 0) is 56.0 Å². The van der Waals surface area contributed by atoms with Crippen molar-refractivity contribution >= 4 is 51.5 Å². The van der Waals surface area contributed by atoms with E-state index < -0.39 is 5.97 Å². The van der Waals surface area contributed by atoms with Crippen LogP contribution in [0, 0.1) is 6.92 Å². The van der Waals surface area contributed by atoms with Crippen LogP contribution in [0.1, 0.15) is 28.5 Å². The molecule has 0 radical (unpaired) electrons. The Bertz CT molecular complexity index is 1300. The number of carbonyl (C=O) groups excluding carboxylic acids is 1. The van der Waals surface area contributed by atoms with Crippen LogP contribution < -0.4 is 0 Å². The maximum absolute atomic E-state index is 13.1. The van der Waals surface area contributed by atoms with Crippen molar-refractivity contribution in [3.63, 3.8) is 0 Å². The van der Waals surface area contributed by atoms with Crippen LogP contribution in [0.15, 0.2) is 71.1 Å². The van der Waals surface area contributed by atoms with Gasteiger partial charge in [0.2, 0.25) is 0 Å². The summed E-state index contributed by atoms with van der Waals surface area (Å²) >= 11 is 1.31. The molecule has 6 nitrogen and oxygen atoms in total. The van der Waals surface area contributed by atoms with E-state index >= 15 is 0 Å². The zero-order valence-electron chi connectivity index (χ0n) is 17.9. The molecule has 1 fully saturated rings. The lowest BCUT2D eigenvalue weighted by Gasteiger charge is -2.12. The Morgan fingerprint density at radius 1 is 1.22 bits per heavy atom. The average Bonchev–Trinajstić information content (AvgIpc) is 3.22. The van der Waals surface area contributed by atoms with Gasteiger partial charge in [-0.3, -0.25) is 9.69 Å². The number of carbonyl (C=O) groups is 2. The summed E-state index contributed by atoms with van der Waals surface area (Å²) < 4.78 is 2.18. The van der Waals surface area contributed by atoms with Crippen molar-refractivity contribution in [2.75, 3.05) is 6.54 Å². The fourth-order valence-corrected chi connectivity index (χ4v) is 4.87. The fraction of sp³-hybridized carbons (Fsp3) is 0.160. The van der Waals surface area contributed by atoms with Crippen molar-refractivity contribution in [3.05, 3.63) is 82.9 Å². The van der Waals surface area contributed by atoms with E-state index in [1.165, 1.54) is 23.9 Å². The number of hydrogen-bond acceptors (Lipinski definition) is 4. The molecule has 1 saturated heterocycles. The first-order chi connectivity index (χ1) is 15.4. The first-order valence-electron chi connectivity index (χ1n) is 10.3. The molecular formula is C25H23N3O3S. The molecule has 162 valence electrons. The van der Waals surface area contributed by atoms with Crippen LogP contribution in [-0.4, -0.2) is 38.2 Å². The van der Waals surface area contributed by atoms with Crippen molar-refractivity contribution in [1.82, 2.24) is 9.47 Å². The van der Waals surface area contributed by atoms with Crippen molar-refractivity contribution in [3.8, 4) is 0 Å². The molecule has 0 saturated carbocycles. The zero-order valence-corrected chi connectivity index (χ0v) is 18.7. The number of allylic oxidation sites excluding steroid dienone is 1. The zero-order chi connectivity index (χ0) is 22.8. The number of carboxylic acid groups (broad SMARTS) is 1. The number of rotatable bonds is 6. The van der Waals surface area contributed by atoms with E-state index in [1.54, 1.807) is 17.0 Å². The molecule has 4 rings (SSSR count). The lowest BCUT2D eigenvalue weighted by atomic mass is 10.1. The monoisotopic (exact) mass is 445 g/mol. The number of amides is 1. The summed E-state index contributed by atoms with van der Waals surface area (Å²) in [5, 5.41) is 10.9. The highest BCUT2D eigenvalue weighted by molar-refractivity contribution is 8.18.